The quantitative estimate of drug-likeness (QED) is 0.572. The Hall–Kier alpha value is -2.60. The van der Waals surface area contributed by atoms with E-state index in [1.54, 1.807) is 0 Å². The van der Waals surface area contributed by atoms with Crippen LogP contribution in [0.5, 0.6) is 0 Å². The van der Waals surface area contributed by atoms with E-state index in [0.29, 0.717) is 19.3 Å². The molecule has 4 fully saturated rings. The first-order chi connectivity index (χ1) is 16.5. The number of anilines is 1. The molecule has 7 rings (SSSR count). The molecule has 3 unspecified atom stereocenters. The standard InChI is InChI=1S/C25H28ClN7O/c1-25(15-34-14-18(25)10-27)31-4-2-30(3-5-31)24-9-22-17(7-21(24)26)11-29-33(22)19-12-28-32(13-19)23-8-16-6-20(16)23/h7,9,11-13,16,18,20,23H,2-6,8,14-15H2,1H3/t16?,18-,20?,23?,25-/m0/s1. The van der Waals surface area contributed by atoms with Gasteiger partial charge in [-0.25, -0.2) is 4.68 Å². The average molecular weight is 478 g/mol. The Kier molecular flexibility index (Phi) is 4.54. The van der Waals surface area contributed by atoms with Crippen LogP contribution in [0.25, 0.3) is 16.6 Å². The highest BCUT2D eigenvalue weighted by atomic mass is 35.5. The fraction of sp³-hybridized carbons (Fsp3) is 0.560. The molecule has 3 aromatic rings. The van der Waals surface area contributed by atoms with Gasteiger partial charge in [-0.1, -0.05) is 11.6 Å². The topological polar surface area (TPSA) is 75.1 Å². The van der Waals surface area contributed by atoms with Crippen molar-refractivity contribution in [3.05, 3.63) is 35.7 Å². The van der Waals surface area contributed by atoms with Crippen LogP contribution in [0.3, 0.4) is 0 Å². The van der Waals surface area contributed by atoms with Crippen LogP contribution in [-0.2, 0) is 4.74 Å². The van der Waals surface area contributed by atoms with Gasteiger partial charge in [-0.3, -0.25) is 9.58 Å². The van der Waals surface area contributed by atoms with Crippen LogP contribution in [0, 0.1) is 29.1 Å². The van der Waals surface area contributed by atoms with E-state index in [1.165, 1.54) is 12.8 Å². The number of halogens is 1. The largest absolute Gasteiger partial charge is 0.378 e. The maximum absolute atomic E-state index is 9.56. The molecule has 2 saturated carbocycles. The number of fused-ring (bicyclic) bond motifs is 2. The Morgan fingerprint density at radius 1 is 1.15 bits per heavy atom. The van der Waals surface area contributed by atoms with Crippen LogP contribution in [0.4, 0.5) is 5.69 Å². The van der Waals surface area contributed by atoms with Crippen LogP contribution >= 0.6 is 11.6 Å². The van der Waals surface area contributed by atoms with E-state index >= 15 is 0 Å². The third-order valence-corrected chi connectivity index (χ3v) is 9.06. The van der Waals surface area contributed by atoms with Crippen molar-refractivity contribution in [2.24, 2.45) is 17.8 Å². The summed E-state index contributed by atoms with van der Waals surface area (Å²) in [7, 11) is 0. The van der Waals surface area contributed by atoms with Crippen molar-refractivity contribution in [1.82, 2.24) is 24.5 Å². The maximum Gasteiger partial charge on any atom is 0.103 e. The van der Waals surface area contributed by atoms with Crippen molar-refractivity contribution in [1.29, 1.82) is 5.26 Å². The number of nitrogens with zero attached hydrogens (tertiary/aromatic N) is 7. The van der Waals surface area contributed by atoms with E-state index in [0.717, 1.165) is 65.3 Å². The van der Waals surface area contributed by atoms with E-state index in [4.69, 9.17) is 16.3 Å². The van der Waals surface area contributed by atoms with Crippen molar-refractivity contribution in [2.75, 3.05) is 44.3 Å². The highest BCUT2D eigenvalue weighted by Gasteiger charge is 2.54. The summed E-state index contributed by atoms with van der Waals surface area (Å²) < 4.78 is 9.77. The SMILES string of the molecule is C[C@]1(N2CCN(c3cc4c(cnn4-c4cnn(C5CC6CC65)c4)cc3Cl)CC2)COC[C@@H]1C#N. The summed E-state index contributed by atoms with van der Waals surface area (Å²) in [6, 6.07) is 7.19. The van der Waals surface area contributed by atoms with Gasteiger partial charge >= 0.3 is 0 Å². The first kappa shape index (κ1) is 20.7. The van der Waals surface area contributed by atoms with Gasteiger partial charge in [-0.15, -0.1) is 0 Å². The van der Waals surface area contributed by atoms with E-state index in [2.05, 4.69) is 49.9 Å². The number of aromatic nitrogens is 4. The molecule has 34 heavy (non-hydrogen) atoms. The molecule has 4 aliphatic rings. The van der Waals surface area contributed by atoms with Gasteiger partial charge in [-0.05, 0) is 43.7 Å². The van der Waals surface area contributed by atoms with Crippen LogP contribution < -0.4 is 4.90 Å². The van der Waals surface area contributed by atoms with Crippen LogP contribution in [-0.4, -0.2) is 69.4 Å². The van der Waals surface area contributed by atoms with Crippen molar-refractivity contribution >= 4 is 28.2 Å². The summed E-state index contributed by atoms with van der Waals surface area (Å²) in [5.74, 6) is 1.70. The lowest BCUT2D eigenvalue weighted by Crippen LogP contribution is -2.58. The molecule has 2 aromatic heterocycles. The molecular weight excluding hydrogens is 450 g/mol. The normalized spacial score (nSPS) is 33.0. The minimum Gasteiger partial charge on any atom is -0.378 e. The van der Waals surface area contributed by atoms with Gasteiger partial charge in [0, 0.05) is 31.6 Å². The van der Waals surface area contributed by atoms with Crippen molar-refractivity contribution in [2.45, 2.75) is 31.3 Å². The summed E-state index contributed by atoms with van der Waals surface area (Å²) >= 11 is 6.75. The molecule has 0 bridgehead atoms. The third kappa shape index (κ3) is 3.03. The molecule has 2 aliphatic carbocycles. The number of hydrogen-bond acceptors (Lipinski definition) is 6. The zero-order valence-corrected chi connectivity index (χ0v) is 20.0. The minimum absolute atomic E-state index is 0.0833. The van der Waals surface area contributed by atoms with Gasteiger partial charge in [0.1, 0.15) is 5.69 Å². The summed E-state index contributed by atoms with van der Waals surface area (Å²) in [5, 5.41) is 20.7. The van der Waals surface area contributed by atoms with E-state index < -0.39 is 0 Å². The first-order valence-electron chi connectivity index (χ1n) is 12.2. The molecule has 0 radical (unpaired) electrons. The molecule has 2 aliphatic heterocycles. The van der Waals surface area contributed by atoms with E-state index in [9.17, 15) is 5.26 Å². The zero-order valence-electron chi connectivity index (χ0n) is 19.3. The van der Waals surface area contributed by atoms with Crippen molar-refractivity contribution in [3.63, 3.8) is 0 Å². The fourth-order valence-electron chi connectivity index (χ4n) is 6.32. The van der Waals surface area contributed by atoms with Crippen LogP contribution in [0.15, 0.2) is 30.7 Å². The minimum atomic E-state index is -0.214. The number of rotatable bonds is 4. The molecule has 5 atom stereocenters. The number of hydrogen-bond donors (Lipinski definition) is 0. The number of piperazine rings is 1. The first-order valence-corrected chi connectivity index (χ1v) is 12.6. The predicted molar refractivity (Wildman–Crippen MR) is 129 cm³/mol. The molecule has 8 nitrogen and oxygen atoms in total. The third-order valence-electron chi connectivity index (χ3n) is 8.75. The Bertz CT molecular complexity index is 1300. The highest BCUT2D eigenvalue weighted by molar-refractivity contribution is 6.34. The molecule has 2 saturated heterocycles. The summed E-state index contributed by atoms with van der Waals surface area (Å²) in [4.78, 5) is 4.77. The second-order valence-corrected chi connectivity index (χ2v) is 11.0. The summed E-state index contributed by atoms with van der Waals surface area (Å²) in [6.07, 6.45) is 8.56. The van der Waals surface area contributed by atoms with Crippen molar-refractivity contribution in [3.8, 4) is 11.8 Å². The van der Waals surface area contributed by atoms with Gasteiger partial charge in [0.2, 0.25) is 0 Å². The molecule has 0 N–H and O–H groups in total. The van der Waals surface area contributed by atoms with E-state index in [-0.39, 0.29) is 11.5 Å². The van der Waals surface area contributed by atoms with Gasteiger partial charge in [0.15, 0.2) is 0 Å². The molecule has 1 aromatic carbocycles. The van der Waals surface area contributed by atoms with Gasteiger partial charge < -0.3 is 9.64 Å². The van der Waals surface area contributed by atoms with Gasteiger partial charge in [0.25, 0.3) is 0 Å². The van der Waals surface area contributed by atoms with Crippen molar-refractivity contribution < 1.29 is 4.74 Å². The average Bonchev–Trinajstić information content (AvgIpc) is 3.24. The lowest BCUT2D eigenvalue weighted by Gasteiger charge is -2.45. The zero-order chi connectivity index (χ0) is 23.0. The predicted octanol–water partition coefficient (Wildman–Crippen LogP) is 3.51. The highest BCUT2D eigenvalue weighted by Crippen LogP contribution is 2.62. The Morgan fingerprint density at radius 3 is 2.74 bits per heavy atom. The molecule has 0 spiro atoms. The van der Waals surface area contributed by atoms with Gasteiger partial charge in [-0.2, -0.15) is 15.5 Å². The van der Waals surface area contributed by atoms with E-state index in [1.807, 2.05) is 23.1 Å². The fourth-order valence-corrected chi connectivity index (χ4v) is 6.61. The number of benzene rings is 1. The molecule has 4 heterocycles. The lowest BCUT2D eigenvalue weighted by molar-refractivity contribution is 0.0655. The smallest absolute Gasteiger partial charge is 0.103 e. The maximum atomic E-state index is 9.56. The molecule has 0 amide bonds. The van der Waals surface area contributed by atoms with Crippen LogP contribution in [0.1, 0.15) is 25.8 Å². The summed E-state index contributed by atoms with van der Waals surface area (Å²) in [5.41, 5.74) is 2.86. The Morgan fingerprint density at radius 2 is 2.00 bits per heavy atom. The Labute approximate surface area is 203 Å². The second-order valence-electron chi connectivity index (χ2n) is 10.6. The second kappa shape index (κ2) is 7.45. The summed E-state index contributed by atoms with van der Waals surface area (Å²) in [6.45, 7) is 6.77. The lowest BCUT2D eigenvalue weighted by atomic mass is 9.87. The molecule has 9 heteroatoms. The Balaban J connectivity index is 1.14. The van der Waals surface area contributed by atoms with Crippen LogP contribution in [0.2, 0.25) is 5.02 Å². The van der Waals surface area contributed by atoms with Gasteiger partial charge in [0.05, 0.1) is 71.6 Å². The number of ether oxygens (including phenoxy) is 1. The molecular formula is C25H28ClN7O. The number of nitriles is 1. The molecule has 176 valence electrons. The monoisotopic (exact) mass is 477 g/mol.